The number of likely N-dealkylation sites (N-methyl/N-ethyl adjacent to an activating group) is 1. The highest BCUT2D eigenvalue weighted by atomic mass is 16.5. The number of benzene rings is 1. The minimum Gasteiger partial charge on any atom is -0.376 e. The Hall–Kier alpha value is -2.67. The summed E-state index contributed by atoms with van der Waals surface area (Å²) in [7, 11) is 3.43. The summed E-state index contributed by atoms with van der Waals surface area (Å²) >= 11 is 0. The molecule has 0 radical (unpaired) electrons. The van der Waals surface area contributed by atoms with E-state index in [9.17, 15) is 9.59 Å². The van der Waals surface area contributed by atoms with Crippen molar-refractivity contribution in [2.75, 3.05) is 20.7 Å². The summed E-state index contributed by atoms with van der Waals surface area (Å²) in [6.07, 6.45) is 4.55. The van der Waals surface area contributed by atoms with Gasteiger partial charge in [-0.05, 0) is 18.6 Å². The molecule has 1 aromatic heterocycles. The molecule has 0 N–H and O–H groups in total. The summed E-state index contributed by atoms with van der Waals surface area (Å²) < 4.78 is 7.42. The lowest BCUT2D eigenvalue weighted by Crippen LogP contribution is -2.48. The molecule has 7 heteroatoms. The van der Waals surface area contributed by atoms with E-state index in [1.54, 1.807) is 41.0 Å². The number of para-hydroxylation sites is 1. The predicted molar refractivity (Wildman–Crippen MR) is 95.0 cm³/mol. The Morgan fingerprint density at radius 3 is 2.73 bits per heavy atom. The Bertz CT molecular complexity index is 817. The number of hydrogen-bond acceptors (Lipinski definition) is 4. The molecule has 2 amide bonds. The largest absolute Gasteiger partial charge is 0.376 e. The standard InChI is InChI=1S/C19H22N4O3/c1-21(2)19(25)16-10-17-15(8-9-26-17)23(16)18(24)13-11-20-22(12-13)14-6-4-3-5-7-14/h3-7,11-12,15-17H,8-10H2,1-2H3/t15-,16?,17-/m0/s1. The van der Waals surface area contributed by atoms with E-state index < -0.39 is 6.04 Å². The van der Waals surface area contributed by atoms with Crippen molar-refractivity contribution in [2.24, 2.45) is 0 Å². The number of amides is 2. The third-order valence-corrected chi connectivity index (χ3v) is 5.13. The van der Waals surface area contributed by atoms with Crippen molar-refractivity contribution in [3.8, 4) is 5.69 Å². The van der Waals surface area contributed by atoms with E-state index in [-0.39, 0.29) is 24.0 Å². The van der Waals surface area contributed by atoms with Gasteiger partial charge >= 0.3 is 0 Å². The summed E-state index contributed by atoms with van der Waals surface area (Å²) in [6, 6.07) is 9.11. The second-order valence-electron chi connectivity index (χ2n) is 6.97. The molecule has 0 spiro atoms. The van der Waals surface area contributed by atoms with E-state index >= 15 is 0 Å². The zero-order chi connectivity index (χ0) is 18.3. The van der Waals surface area contributed by atoms with Crippen LogP contribution in [0.2, 0.25) is 0 Å². The second-order valence-corrected chi connectivity index (χ2v) is 6.97. The van der Waals surface area contributed by atoms with Crippen molar-refractivity contribution in [3.63, 3.8) is 0 Å². The lowest BCUT2D eigenvalue weighted by molar-refractivity contribution is -0.133. The number of ether oxygens (including phenoxy) is 1. The van der Waals surface area contributed by atoms with Crippen LogP contribution in [0.5, 0.6) is 0 Å². The van der Waals surface area contributed by atoms with Crippen LogP contribution in [0.15, 0.2) is 42.7 Å². The topological polar surface area (TPSA) is 67.7 Å². The first-order valence-corrected chi connectivity index (χ1v) is 8.82. The van der Waals surface area contributed by atoms with Gasteiger partial charge in [0.25, 0.3) is 5.91 Å². The molecule has 2 fully saturated rings. The smallest absolute Gasteiger partial charge is 0.258 e. The Balaban J connectivity index is 1.63. The van der Waals surface area contributed by atoms with Crippen LogP contribution >= 0.6 is 0 Å². The Labute approximate surface area is 152 Å². The number of aromatic nitrogens is 2. The fourth-order valence-electron chi connectivity index (χ4n) is 3.86. The van der Waals surface area contributed by atoms with E-state index in [1.165, 1.54) is 0 Å². The Morgan fingerprint density at radius 2 is 2.00 bits per heavy atom. The molecule has 0 bridgehead atoms. The Kier molecular flexibility index (Phi) is 4.24. The first-order chi connectivity index (χ1) is 12.6. The molecule has 0 aliphatic carbocycles. The van der Waals surface area contributed by atoms with E-state index in [1.807, 2.05) is 30.3 Å². The fourth-order valence-corrected chi connectivity index (χ4v) is 3.86. The third-order valence-electron chi connectivity index (χ3n) is 5.13. The number of carbonyl (C=O) groups excluding carboxylic acids is 2. The highest BCUT2D eigenvalue weighted by Gasteiger charge is 2.50. The van der Waals surface area contributed by atoms with Crippen molar-refractivity contribution in [1.29, 1.82) is 0 Å². The van der Waals surface area contributed by atoms with Crippen LogP contribution in [0.1, 0.15) is 23.2 Å². The molecular formula is C19H22N4O3. The zero-order valence-corrected chi connectivity index (χ0v) is 14.9. The molecule has 2 saturated heterocycles. The van der Waals surface area contributed by atoms with Crippen LogP contribution in [-0.2, 0) is 9.53 Å². The van der Waals surface area contributed by atoms with E-state index in [2.05, 4.69) is 5.10 Å². The number of carbonyl (C=O) groups is 2. The lowest BCUT2D eigenvalue weighted by atomic mass is 10.1. The fraction of sp³-hybridized carbons (Fsp3) is 0.421. The van der Waals surface area contributed by atoms with Gasteiger partial charge in [-0.25, -0.2) is 4.68 Å². The number of likely N-dealkylation sites (tertiary alicyclic amines) is 1. The molecule has 2 aliphatic heterocycles. The molecule has 2 aromatic rings. The van der Waals surface area contributed by atoms with Crippen molar-refractivity contribution >= 4 is 11.8 Å². The highest BCUT2D eigenvalue weighted by molar-refractivity contribution is 5.98. The van der Waals surface area contributed by atoms with Crippen molar-refractivity contribution in [3.05, 3.63) is 48.3 Å². The van der Waals surface area contributed by atoms with Crippen LogP contribution in [0.3, 0.4) is 0 Å². The molecule has 7 nitrogen and oxygen atoms in total. The average molecular weight is 354 g/mol. The second kappa shape index (κ2) is 6.57. The van der Waals surface area contributed by atoms with Crippen LogP contribution in [0.25, 0.3) is 5.69 Å². The van der Waals surface area contributed by atoms with Gasteiger partial charge in [0.2, 0.25) is 5.91 Å². The highest BCUT2D eigenvalue weighted by Crippen LogP contribution is 2.35. The van der Waals surface area contributed by atoms with Gasteiger partial charge in [0.1, 0.15) is 6.04 Å². The third kappa shape index (κ3) is 2.78. The first-order valence-electron chi connectivity index (χ1n) is 8.82. The maximum absolute atomic E-state index is 13.2. The number of rotatable bonds is 3. The first kappa shape index (κ1) is 16.8. The maximum atomic E-state index is 13.2. The van der Waals surface area contributed by atoms with Gasteiger partial charge in [-0.1, -0.05) is 18.2 Å². The molecule has 1 unspecified atom stereocenters. The summed E-state index contributed by atoms with van der Waals surface area (Å²) in [4.78, 5) is 29.1. The molecule has 0 saturated carbocycles. The molecule has 2 aliphatic rings. The van der Waals surface area contributed by atoms with E-state index in [4.69, 9.17) is 4.74 Å². The summed E-state index contributed by atoms with van der Waals surface area (Å²) in [6.45, 7) is 0.630. The van der Waals surface area contributed by atoms with Crippen molar-refractivity contribution < 1.29 is 14.3 Å². The van der Waals surface area contributed by atoms with E-state index in [0.717, 1.165) is 12.1 Å². The van der Waals surface area contributed by atoms with Crippen LogP contribution < -0.4 is 0 Å². The molecular weight excluding hydrogens is 332 g/mol. The Morgan fingerprint density at radius 1 is 1.23 bits per heavy atom. The molecule has 1 aromatic carbocycles. The minimum absolute atomic E-state index is 0.0449. The predicted octanol–water partition coefficient (Wildman–Crippen LogP) is 1.33. The van der Waals surface area contributed by atoms with Crippen molar-refractivity contribution in [1.82, 2.24) is 19.6 Å². The van der Waals surface area contributed by atoms with E-state index in [0.29, 0.717) is 18.6 Å². The number of nitrogens with zero attached hydrogens (tertiary/aromatic N) is 4. The summed E-state index contributed by atoms with van der Waals surface area (Å²) in [5.41, 5.74) is 1.37. The van der Waals surface area contributed by atoms with Gasteiger partial charge in [0.15, 0.2) is 0 Å². The van der Waals surface area contributed by atoms with Gasteiger partial charge in [-0.3, -0.25) is 9.59 Å². The molecule has 136 valence electrons. The molecule has 3 heterocycles. The average Bonchev–Trinajstić information content (AvgIpc) is 3.36. The van der Waals surface area contributed by atoms with Gasteiger partial charge in [-0.2, -0.15) is 5.10 Å². The summed E-state index contributed by atoms with van der Waals surface area (Å²) in [5.74, 6) is -0.225. The quantitative estimate of drug-likeness (QED) is 0.834. The summed E-state index contributed by atoms with van der Waals surface area (Å²) in [5, 5.41) is 4.31. The SMILES string of the molecule is CN(C)C(=O)C1C[C@@H]2OCC[C@@H]2N1C(=O)c1cnn(-c2ccccc2)c1. The monoisotopic (exact) mass is 354 g/mol. The normalized spacial score (nSPS) is 24.5. The van der Waals surface area contributed by atoms with Gasteiger partial charge in [0.05, 0.1) is 29.6 Å². The maximum Gasteiger partial charge on any atom is 0.258 e. The lowest BCUT2D eigenvalue weighted by Gasteiger charge is -2.29. The molecule has 26 heavy (non-hydrogen) atoms. The van der Waals surface area contributed by atoms with Gasteiger partial charge in [0, 0.05) is 33.3 Å². The van der Waals surface area contributed by atoms with Crippen molar-refractivity contribution in [2.45, 2.75) is 31.0 Å². The molecule has 4 rings (SSSR count). The van der Waals surface area contributed by atoms with Gasteiger partial charge in [-0.15, -0.1) is 0 Å². The van der Waals surface area contributed by atoms with Crippen LogP contribution in [0.4, 0.5) is 0 Å². The number of hydrogen-bond donors (Lipinski definition) is 0. The van der Waals surface area contributed by atoms with Crippen LogP contribution in [0, 0.1) is 0 Å². The zero-order valence-electron chi connectivity index (χ0n) is 14.9. The van der Waals surface area contributed by atoms with Crippen LogP contribution in [-0.4, -0.2) is 70.3 Å². The van der Waals surface area contributed by atoms with Gasteiger partial charge < -0.3 is 14.5 Å². The molecule has 3 atom stereocenters. The minimum atomic E-state index is -0.479. The number of fused-ring (bicyclic) bond motifs is 1.